The first-order chi connectivity index (χ1) is 19.2. The van der Waals surface area contributed by atoms with E-state index in [1.807, 2.05) is 0 Å². The van der Waals surface area contributed by atoms with Gasteiger partial charge in [0.05, 0.1) is 35.1 Å². The molecular formula is C26H20F5N3O6S. The smallest absolute Gasteiger partial charge is 0.395 e. The van der Waals surface area contributed by atoms with Crippen molar-refractivity contribution in [2.45, 2.75) is 30.0 Å². The number of benzene rings is 3. The molecule has 4 aromatic rings. The minimum Gasteiger partial charge on any atom is -0.395 e. The maximum absolute atomic E-state index is 13.9. The van der Waals surface area contributed by atoms with Crippen LogP contribution in [0.15, 0.2) is 65.6 Å². The van der Waals surface area contributed by atoms with Gasteiger partial charge in [0, 0.05) is 17.4 Å². The summed E-state index contributed by atoms with van der Waals surface area (Å²) in [4.78, 5) is 16.7. The predicted octanol–water partition coefficient (Wildman–Crippen LogP) is 4.29. The molecule has 9 nitrogen and oxygen atoms in total. The Kier molecular flexibility index (Phi) is 6.90. The maximum Gasteiger partial charge on any atom is 0.586 e. The lowest BCUT2D eigenvalue weighted by Gasteiger charge is -2.17. The molecule has 0 saturated heterocycles. The molecule has 216 valence electrons. The molecule has 0 aliphatic carbocycles. The van der Waals surface area contributed by atoms with E-state index in [1.165, 1.54) is 54.6 Å². The Hall–Kier alpha value is -4.24. The average molecular weight is 598 g/mol. The SMILES string of the molecule is CS(=O)(=O)c1ccc([C@H](CO)NC(=O)c2ccc3c(c2)nc(C(F)(F)F)n3Cc2cccc3c2OC(F)(F)O3)cc1. The summed E-state index contributed by atoms with van der Waals surface area (Å²) in [7, 11) is -3.46. The Balaban J connectivity index is 1.45. The Bertz CT molecular complexity index is 1750. The fourth-order valence-corrected chi connectivity index (χ4v) is 5.02. The van der Waals surface area contributed by atoms with Crippen LogP contribution in [0, 0.1) is 0 Å². The Morgan fingerprint density at radius 1 is 1.10 bits per heavy atom. The van der Waals surface area contributed by atoms with Crippen LogP contribution in [0.4, 0.5) is 22.0 Å². The van der Waals surface area contributed by atoms with Crippen molar-refractivity contribution >= 4 is 26.8 Å². The van der Waals surface area contributed by atoms with Gasteiger partial charge in [0.2, 0.25) is 5.82 Å². The summed E-state index contributed by atoms with van der Waals surface area (Å²) < 4.78 is 102. The van der Waals surface area contributed by atoms with Gasteiger partial charge in [-0.3, -0.25) is 4.79 Å². The molecule has 1 atom stereocenters. The third-order valence-electron chi connectivity index (χ3n) is 6.30. The number of nitrogens with one attached hydrogen (secondary N) is 1. The first-order valence-corrected chi connectivity index (χ1v) is 13.7. The summed E-state index contributed by atoms with van der Waals surface area (Å²) in [5.74, 6) is -2.79. The van der Waals surface area contributed by atoms with Crippen LogP contribution >= 0.6 is 0 Å². The molecular weight excluding hydrogens is 577 g/mol. The van der Waals surface area contributed by atoms with Crippen molar-refractivity contribution in [3.05, 3.63) is 83.2 Å². The van der Waals surface area contributed by atoms with Gasteiger partial charge in [-0.1, -0.05) is 24.3 Å². The zero-order valence-electron chi connectivity index (χ0n) is 20.9. The number of rotatable bonds is 7. The number of aliphatic hydroxyl groups excluding tert-OH is 1. The molecule has 0 radical (unpaired) electrons. The van der Waals surface area contributed by atoms with Gasteiger partial charge in [0.1, 0.15) is 0 Å². The molecule has 0 fully saturated rings. The summed E-state index contributed by atoms with van der Waals surface area (Å²) in [5, 5.41) is 12.4. The van der Waals surface area contributed by atoms with E-state index in [0.717, 1.165) is 16.9 Å². The van der Waals surface area contributed by atoms with Gasteiger partial charge in [-0.15, -0.1) is 8.78 Å². The monoisotopic (exact) mass is 597 g/mol. The highest BCUT2D eigenvalue weighted by Crippen LogP contribution is 2.44. The molecule has 5 rings (SSSR count). The second kappa shape index (κ2) is 9.99. The number of carbonyl (C=O) groups is 1. The minimum atomic E-state index is -4.93. The molecule has 2 heterocycles. The van der Waals surface area contributed by atoms with E-state index in [4.69, 9.17) is 0 Å². The first kappa shape index (κ1) is 28.3. The average Bonchev–Trinajstić information content (AvgIpc) is 3.43. The number of aliphatic hydroxyl groups is 1. The lowest BCUT2D eigenvalue weighted by Crippen LogP contribution is -2.30. The number of alkyl halides is 5. The zero-order valence-corrected chi connectivity index (χ0v) is 21.8. The molecule has 1 aromatic heterocycles. The Morgan fingerprint density at radius 3 is 2.44 bits per heavy atom. The normalized spacial score (nSPS) is 15.2. The van der Waals surface area contributed by atoms with Gasteiger partial charge in [0.25, 0.3) is 5.91 Å². The van der Waals surface area contributed by atoms with Crippen molar-refractivity contribution in [1.82, 2.24) is 14.9 Å². The molecule has 15 heteroatoms. The van der Waals surface area contributed by atoms with Crippen LogP contribution in [0.5, 0.6) is 11.5 Å². The maximum atomic E-state index is 13.9. The van der Waals surface area contributed by atoms with Crippen molar-refractivity contribution in [2.24, 2.45) is 0 Å². The van der Waals surface area contributed by atoms with E-state index in [2.05, 4.69) is 19.8 Å². The van der Waals surface area contributed by atoms with Crippen molar-refractivity contribution in [2.75, 3.05) is 12.9 Å². The number of fused-ring (bicyclic) bond motifs is 2. The van der Waals surface area contributed by atoms with Crippen LogP contribution in [0.3, 0.4) is 0 Å². The van der Waals surface area contributed by atoms with Gasteiger partial charge >= 0.3 is 12.5 Å². The number of hydrogen-bond donors (Lipinski definition) is 2. The Morgan fingerprint density at radius 2 is 1.80 bits per heavy atom. The first-order valence-electron chi connectivity index (χ1n) is 11.8. The van der Waals surface area contributed by atoms with Gasteiger partial charge in [-0.05, 0) is 42.0 Å². The second-order valence-corrected chi connectivity index (χ2v) is 11.2. The minimum absolute atomic E-state index is 0.0148. The highest BCUT2D eigenvalue weighted by molar-refractivity contribution is 7.90. The molecule has 2 N–H and O–H groups in total. The van der Waals surface area contributed by atoms with E-state index in [9.17, 15) is 40.3 Å². The molecule has 1 amide bonds. The van der Waals surface area contributed by atoms with Gasteiger partial charge < -0.3 is 24.5 Å². The van der Waals surface area contributed by atoms with E-state index >= 15 is 0 Å². The number of ether oxygens (including phenoxy) is 2. The number of carbonyl (C=O) groups excluding carboxylic acids is 1. The number of sulfone groups is 1. The highest BCUT2D eigenvalue weighted by atomic mass is 32.2. The van der Waals surface area contributed by atoms with Crippen molar-refractivity contribution in [3.63, 3.8) is 0 Å². The van der Waals surface area contributed by atoms with Crippen LogP contribution in [0.2, 0.25) is 0 Å². The summed E-state index contributed by atoms with van der Waals surface area (Å²) in [6.07, 6.45) is -7.87. The lowest BCUT2D eigenvalue weighted by molar-refractivity contribution is -0.287. The third-order valence-corrected chi connectivity index (χ3v) is 7.43. The number of aromatic nitrogens is 2. The molecule has 41 heavy (non-hydrogen) atoms. The van der Waals surface area contributed by atoms with Crippen molar-refractivity contribution < 1.29 is 49.7 Å². The third kappa shape index (κ3) is 5.67. The van der Waals surface area contributed by atoms with Gasteiger partial charge in [0.15, 0.2) is 21.3 Å². The molecule has 0 unspecified atom stereocenters. The fourth-order valence-electron chi connectivity index (χ4n) is 4.39. The van der Waals surface area contributed by atoms with Crippen LogP contribution in [-0.4, -0.2) is 48.1 Å². The Labute approximate surface area is 229 Å². The topological polar surface area (TPSA) is 120 Å². The van der Waals surface area contributed by atoms with Crippen LogP contribution < -0.4 is 14.8 Å². The van der Waals surface area contributed by atoms with Crippen molar-refractivity contribution in [3.8, 4) is 11.5 Å². The van der Waals surface area contributed by atoms with E-state index < -0.39 is 59.0 Å². The zero-order chi connectivity index (χ0) is 29.7. The van der Waals surface area contributed by atoms with Crippen molar-refractivity contribution in [1.29, 1.82) is 0 Å². The van der Waals surface area contributed by atoms with Crippen LogP contribution in [-0.2, 0) is 22.6 Å². The molecule has 1 aliphatic heterocycles. The van der Waals surface area contributed by atoms with Crippen LogP contribution in [0.25, 0.3) is 11.0 Å². The molecule has 0 spiro atoms. The van der Waals surface area contributed by atoms with E-state index in [0.29, 0.717) is 5.56 Å². The quantitative estimate of drug-likeness (QED) is 0.305. The molecule has 0 saturated carbocycles. The predicted molar refractivity (Wildman–Crippen MR) is 133 cm³/mol. The molecule has 1 aliphatic rings. The van der Waals surface area contributed by atoms with E-state index in [1.54, 1.807) is 0 Å². The number of nitrogens with zero attached hydrogens (tertiary/aromatic N) is 2. The number of imidazole rings is 1. The fraction of sp³-hybridized carbons (Fsp3) is 0.231. The van der Waals surface area contributed by atoms with Gasteiger partial charge in [-0.2, -0.15) is 13.2 Å². The second-order valence-electron chi connectivity index (χ2n) is 9.18. The summed E-state index contributed by atoms with van der Waals surface area (Å²) >= 11 is 0. The highest BCUT2D eigenvalue weighted by Gasteiger charge is 2.45. The number of para-hydroxylation sites is 1. The van der Waals surface area contributed by atoms with Crippen LogP contribution in [0.1, 0.15) is 33.4 Å². The summed E-state index contributed by atoms with van der Waals surface area (Å²) in [6.45, 7) is -1.10. The standard InChI is InChI=1S/C26H20F5N3O6S/c1-41(37,38)17-8-5-14(6-9-17)19(13-35)32-23(36)15-7-10-20-18(11-15)33-24(25(27,28)29)34(20)12-16-3-2-4-21-22(16)40-26(30,31)39-21/h2-11,19,35H,12-13H2,1H3,(H,32,36)/t19-/m0/s1. The summed E-state index contributed by atoms with van der Waals surface area (Å²) in [5.41, 5.74) is 0.0773. The van der Waals surface area contributed by atoms with Gasteiger partial charge in [-0.25, -0.2) is 13.4 Å². The van der Waals surface area contributed by atoms with E-state index in [-0.39, 0.29) is 32.8 Å². The lowest BCUT2D eigenvalue weighted by atomic mass is 10.1. The number of hydrogen-bond acceptors (Lipinski definition) is 7. The molecule has 0 bridgehead atoms. The largest absolute Gasteiger partial charge is 0.586 e. The summed E-state index contributed by atoms with van der Waals surface area (Å²) in [6, 6.07) is 12.0. The number of amides is 1. The molecule has 3 aromatic carbocycles. The number of halogens is 5.